The molecule has 10 heteroatoms. The Morgan fingerprint density at radius 3 is 2.86 bits per heavy atom. The number of carboxylic acid groups (broad SMARTS) is 1. The van der Waals surface area contributed by atoms with E-state index in [0.717, 1.165) is 22.2 Å². The molecule has 3 aromatic heterocycles. The van der Waals surface area contributed by atoms with Crippen LogP contribution in [0, 0.1) is 17.1 Å². The number of carboxylic acids is 1. The van der Waals surface area contributed by atoms with Crippen LogP contribution in [0.15, 0.2) is 30.5 Å². The maximum atomic E-state index is 14.4. The fourth-order valence-corrected chi connectivity index (χ4v) is 5.27. The molecule has 0 saturated carbocycles. The number of aliphatic carboxylic acids is 1. The molecule has 1 aliphatic heterocycles. The van der Waals surface area contributed by atoms with E-state index in [4.69, 9.17) is 14.5 Å². The monoisotopic (exact) mass is 505 g/mol. The van der Waals surface area contributed by atoms with Crippen LogP contribution in [0.5, 0.6) is 5.75 Å². The zero-order valence-corrected chi connectivity index (χ0v) is 21.1. The SMILES string of the molecule is COc1cc(-n2c(C(C)(C)CC#N)c(C3CCC(C)(C(=O)O)OC3)c3nc4[nH]ncc4cc32)ccc1F. The highest BCUT2D eigenvalue weighted by Crippen LogP contribution is 2.46. The smallest absolute Gasteiger partial charge is 0.335 e. The molecule has 192 valence electrons. The Bertz CT molecular complexity index is 1560. The van der Waals surface area contributed by atoms with Crippen LogP contribution in [-0.4, -0.2) is 50.1 Å². The van der Waals surface area contributed by atoms with Gasteiger partial charge >= 0.3 is 5.97 Å². The third-order valence-corrected chi connectivity index (χ3v) is 7.37. The number of pyridine rings is 1. The molecule has 1 fully saturated rings. The van der Waals surface area contributed by atoms with Gasteiger partial charge in [-0.2, -0.15) is 10.4 Å². The molecular weight excluding hydrogens is 477 g/mol. The van der Waals surface area contributed by atoms with Gasteiger partial charge in [0.1, 0.15) is 0 Å². The highest BCUT2D eigenvalue weighted by atomic mass is 19.1. The second-order valence-corrected chi connectivity index (χ2v) is 10.4. The molecule has 0 bridgehead atoms. The first-order valence-corrected chi connectivity index (χ1v) is 12.1. The molecule has 4 heterocycles. The van der Waals surface area contributed by atoms with E-state index < -0.39 is 22.8 Å². The first-order valence-electron chi connectivity index (χ1n) is 12.1. The topological polar surface area (TPSA) is 126 Å². The molecular formula is C27H28FN5O4. The number of nitrogens with one attached hydrogen (secondary N) is 1. The molecule has 37 heavy (non-hydrogen) atoms. The van der Waals surface area contributed by atoms with E-state index in [-0.39, 0.29) is 24.7 Å². The Morgan fingerprint density at radius 2 is 2.22 bits per heavy atom. The fraction of sp³-hybridized carbons (Fsp3) is 0.407. The largest absolute Gasteiger partial charge is 0.494 e. The fourth-order valence-electron chi connectivity index (χ4n) is 5.27. The molecule has 5 rings (SSSR count). The predicted molar refractivity (Wildman–Crippen MR) is 134 cm³/mol. The van der Waals surface area contributed by atoms with E-state index in [1.54, 1.807) is 25.3 Å². The van der Waals surface area contributed by atoms with Gasteiger partial charge < -0.3 is 19.1 Å². The van der Waals surface area contributed by atoms with Crippen LogP contribution in [0.1, 0.15) is 57.2 Å². The van der Waals surface area contributed by atoms with Crippen molar-refractivity contribution in [2.45, 2.75) is 57.0 Å². The van der Waals surface area contributed by atoms with Crippen molar-refractivity contribution < 1.29 is 23.8 Å². The standard InChI is InChI=1S/C27H28FN5O4/c1-26(2,9-10-29)23-21(15-7-8-27(3,25(34)35)37-14-15)22-19(11-16-13-30-32-24(16)31-22)33(23)17-5-6-18(28)20(12-17)36-4/h5-6,11-13,15H,7-9,14H2,1-4H3,(H,34,35)(H,30,31,32). The zero-order chi connectivity index (χ0) is 26.5. The van der Waals surface area contributed by atoms with Gasteiger partial charge in [0.05, 0.1) is 37.0 Å². The molecule has 9 nitrogen and oxygen atoms in total. The van der Waals surface area contributed by atoms with Crippen molar-refractivity contribution >= 4 is 28.0 Å². The minimum Gasteiger partial charge on any atom is -0.494 e. The first-order chi connectivity index (χ1) is 17.6. The highest BCUT2D eigenvalue weighted by Gasteiger charge is 2.42. The molecule has 2 N–H and O–H groups in total. The number of fused-ring (bicyclic) bond motifs is 2. The molecule has 1 aliphatic rings. The van der Waals surface area contributed by atoms with E-state index in [9.17, 15) is 19.6 Å². The Labute approximate surface area is 212 Å². The van der Waals surface area contributed by atoms with E-state index in [1.165, 1.54) is 13.2 Å². The summed E-state index contributed by atoms with van der Waals surface area (Å²) in [5.74, 6) is -1.54. The number of nitrogens with zero attached hydrogens (tertiary/aromatic N) is 4. The molecule has 2 atom stereocenters. The second-order valence-electron chi connectivity index (χ2n) is 10.4. The normalized spacial score (nSPS) is 20.3. The summed E-state index contributed by atoms with van der Waals surface area (Å²) in [7, 11) is 1.41. The van der Waals surface area contributed by atoms with Crippen molar-refractivity contribution in [1.82, 2.24) is 19.7 Å². The van der Waals surface area contributed by atoms with Crippen molar-refractivity contribution in [3.8, 4) is 17.5 Å². The predicted octanol–water partition coefficient (Wildman–Crippen LogP) is 4.98. The molecule has 0 amide bonds. The number of hydrogen-bond acceptors (Lipinski definition) is 6. The van der Waals surface area contributed by atoms with Crippen molar-refractivity contribution in [2.75, 3.05) is 13.7 Å². The maximum absolute atomic E-state index is 14.4. The van der Waals surface area contributed by atoms with Crippen molar-refractivity contribution in [3.05, 3.63) is 47.5 Å². The van der Waals surface area contributed by atoms with E-state index in [1.807, 2.05) is 24.5 Å². The molecule has 1 saturated heterocycles. The second kappa shape index (κ2) is 8.85. The van der Waals surface area contributed by atoms with Crippen LogP contribution in [0.3, 0.4) is 0 Å². The van der Waals surface area contributed by atoms with E-state index in [2.05, 4.69) is 16.3 Å². The van der Waals surface area contributed by atoms with Gasteiger partial charge in [-0.3, -0.25) is 5.10 Å². The maximum Gasteiger partial charge on any atom is 0.335 e. The summed E-state index contributed by atoms with van der Waals surface area (Å²) >= 11 is 0. The minimum absolute atomic E-state index is 0.0977. The Morgan fingerprint density at radius 1 is 1.43 bits per heavy atom. The number of benzene rings is 1. The van der Waals surface area contributed by atoms with Gasteiger partial charge in [-0.15, -0.1) is 0 Å². The summed E-state index contributed by atoms with van der Waals surface area (Å²) in [6.45, 7) is 5.76. The summed E-state index contributed by atoms with van der Waals surface area (Å²) in [4.78, 5) is 16.7. The lowest BCUT2D eigenvalue weighted by atomic mass is 9.78. The van der Waals surface area contributed by atoms with Crippen LogP contribution in [0.25, 0.3) is 27.8 Å². The van der Waals surface area contributed by atoms with Crippen LogP contribution in [0.4, 0.5) is 4.39 Å². The van der Waals surface area contributed by atoms with Gasteiger partial charge in [0, 0.05) is 46.2 Å². The van der Waals surface area contributed by atoms with Crippen molar-refractivity contribution in [1.29, 1.82) is 5.26 Å². The first kappa shape index (κ1) is 24.7. The third-order valence-electron chi connectivity index (χ3n) is 7.37. The summed E-state index contributed by atoms with van der Waals surface area (Å²) in [5, 5.41) is 27.2. The number of halogens is 1. The van der Waals surface area contributed by atoms with Crippen LogP contribution < -0.4 is 4.74 Å². The molecule has 2 unspecified atom stereocenters. The van der Waals surface area contributed by atoms with Crippen LogP contribution in [0.2, 0.25) is 0 Å². The summed E-state index contributed by atoms with van der Waals surface area (Å²) in [5.41, 5.74) is 2.59. The van der Waals surface area contributed by atoms with E-state index in [0.29, 0.717) is 29.7 Å². The number of rotatable bonds is 6. The van der Waals surface area contributed by atoms with Crippen molar-refractivity contribution in [2.24, 2.45) is 0 Å². The number of H-pyrrole nitrogens is 1. The summed E-state index contributed by atoms with van der Waals surface area (Å²) < 4.78 is 27.6. The average molecular weight is 506 g/mol. The lowest BCUT2D eigenvalue weighted by Crippen LogP contribution is -2.43. The molecule has 1 aromatic carbocycles. The van der Waals surface area contributed by atoms with Gasteiger partial charge in [-0.25, -0.2) is 14.2 Å². The van der Waals surface area contributed by atoms with Crippen molar-refractivity contribution in [3.63, 3.8) is 0 Å². The molecule has 0 radical (unpaired) electrons. The summed E-state index contributed by atoms with van der Waals surface area (Å²) in [6, 6.07) is 8.93. The number of methoxy groups -OCH3 is 1. The average Bonchev–Trinajstić information content (AvgIpc) is 3.45. The number of nitriles is 1. The Hall–Kier alpha value is -3.97. The minimum atomic E-state index is -1.26. The van der Waals surface area contributed by atoms with Crippen LogP contribution >= 0.6 is 0 Å². The quantitative estimate of drug-likeness (QED) is 0.378. The lowest BCUT2D eigenvalue weighted by molar-refractivity contribution is -0.170. The molecule has 0 aliphatic carbocycles. The molecule has 0 spiro atoms. The van der Waals surface area contributed by atoms with Gasteiger partial charge in [0.2, 0.25) is 0 Å². The van der Waals surface area contributed by atoms with Crippen LogP contribution in [-0.2, 0) is 14.9 Å². The third kappa shape index (κ3) is 4.00. The highest BCUT2D eigenvalue weighted by molar-refractivity contribution is 5.94. The Balaban J connectivity index is 1.83. The van der Waals surface area contributed by atoms with Gasteiger partial charge in [0.15, 0.2) is 22.8 Å². The Kier molecular flexibility index (Phi) is 5.91. The lowest BCUT2D eigenvalue weighted by Gasteiger charge is -2.36. The van der Waals surface area contributed by atoms with Gasteiger partial charge in [0.25, 0.3) is 0 Å². The van der Waals surface area contributed by atoms with Gasteiger partial charge in [-0.1, -0.05) is 13.8 Å². The van der Waals surface area contributed by atoms with Gasteiger partial charge in [-0.05, 0) is 38.0 Å². The number of hydrogen-bond donors (Lipinski definition) is 2. The molecule has 4 aromatic rings. The number of carbonyl (C=O) groups is 1. The number of aromatic amines is 1. The number of ether oxygens (including phenoxy) is 2. The summed E-state index contributed by atoms with van der Waals surface area (Å²) in [6.07, 6.45) is 2.79. The van der Waals surface area contributed by atoms with E-state index >= 15 is 0 Å². The zero-order valence-electron chi connectivity index (χ0n) is 21.1. The number of aromatic nitrogens is 4.